The van der Waals surface area contributed by atoms with E-state index in [2.05, 4.69) is 29.2 Å². The first kappa shape index (κ1) is 11.9. The smallest absolute Gasteiger partial charge is 0.0951 e. The van der Waals surface area contributed by atoms with E-state index in [9.17, 15) is 0 Å². The summed E-state index contributed by atoms with van der Waals surface area (Å²) in [6.07, 6.45) is 1.25. The minimum atomic E-state index is 0.209. The zero-order chi connectivity index (χ0) is 11.4. The van der Waals surface area contributed by atoms with Crippen LogP contribution in [0, 0.1) is 0 Å². The summed E-state index contributed by atoms with van der Waals surface area (Å²) >= 11 is 5.73. The number of nitrogens with zero attached hydrogens (tertiary/aromatic N) is 1. The van der Waals surface area contributed by atoms with Gasteiger partial charge in [-0.3, -0.25) is 4.90 Å². The van der Waals surface area contributed by atoms with Crippen LogP contribution >= 0.6 is 11.6 Å². The summed E-state index contributed by atoms with van der Waals surface area (Å²) in [6.45, 7) is 3.05. The molecule has 1 aromatic carbocycles. The number of benzene rings is 1. The fraction of sp³-hybridized carbons (Fsp3) is 0.538. The van der Waals surface area contributed by atoms with E-state index in [4.69, 9.17) is 16.3 Å². The maximum atomic E-state index is 5.73. The number of hydrogen-bond donors (Lipinski definition) is 0. The zero-order valence-corrected chi connectivity index (χ0v) is 10.4. The van der Waals surface area contributed by atoms with Gasteiger partial charge in [-0.15, -0.1) is 11.6 Å². The first-order chi connectivity index (χ1) is 7.85. The quantitative estimate of drug-likeness (QED) is 0.750. The third-order valence-electron chi connectivity index (χ3n) is 3.11. The summed E-state index contributed by atoms with van der Waals surface area (Å²) in [5, 5.41) is 0. The lowest BCUT2D eigenvalue weighted by Gasteiger charge is -2.33. The minimum Gasteiger partial charge on any atom is -0.375 e. The largest absolute Gasteiger partial charge is 0.375 e. The van der Waals surface area contributed by atoms with E-state index in [0.29, 0.717) is 0 Å². The summed E-state index contributed by atoms with van der Waals surface area (Å²) < 4.78 is 5.55. The van der Waals surface area contributed by atoms with Crippen LogP contribution in [0.1, 0.15) is 23.7 Å². The molecule has 0 aliphatic carbocycles. The predicted molar refractivity (Wildman–Crippen MR) is 66.8 cm³/mol. The Hall–Kier alpha value is -0.570. The molecule has 0 amide bonds. The molecule has 3 heteroatoms. The van der Waals surface area contributed by atoms with Crippen LogP contribution in [-0.2, 0) is 11.3 Å². The summed E-state index contributed by atoms with van der Waals surface area (Å²) in [6, 6.07) is 8.53. The van der Waals surface area contributed by atoms with Crippen LogP contribution in [0.4, 0.5) is 0 Å². The number of alkyl halides is 1. The van der Waals surface area contributed by atoms with Gasteiger partial charge >= 0.3 is 0 Å². The van der Waals surface area contributed by atoms with Crippen molar-refractivity contribution in [3.63, 3.8) is 0 Å². The molecule has 0 bridgehead atoms. The van der Waals surface area contributed by atoms with Gasteiger partial charge in [-0.05, 0) is 24.1 Å². The second-order valence-electron chi connectivity index (χ2n) is 4.20. The Bertz CT molecular complexity index is 342. The molecule has 0 aromatic heterocycles. The monoisotopic (exact) mass is 239 g/mol. The van der Waals surface area contributed by atoms with Gasteiger partial charge in [0.25, 0.3) is 0 Å². The number of ether oxygens (including phenoxy) is 1. The van der Waals surface area contributed by atoms with Crippen LogP contribution in [0.5, 0.6) is 0 Å². The molecular weight excluding hydrogens is 222 g/mol. The van der Waals surface area contributed by atoms with Crippen LogP contribution in [0.3, 0.4) is 0 Å². The van der Waals surface area contributed by atoms with Gasteiger partial charge in [0.2, 0.25) is 0 Å². The summed E-state index contributed by atoms with van der Waals surface area (Å²) in [5.41, 5.74) is 2.72. The summed E-state index contributed by atoms with van der Waals surface area (Å²) in [4.78, 5) is 2.42. The van der Waals surface area contributed by atoms with E-state index < -0.39 is 0 Å². The molecule has 0 spiro atoms. The Kier molecular flexibility index (Phi) is 4.22. The van der Waals surface area contributed by atoms with Crippen molar-refractivity contribution in [2.45, 2.75) is 19.1 Å². The Balaban J connectivity index is 2.12. The number of methoxy groups -OCH3 is 1. The maximum Gasteiger partial charge on any atom is 0.0951 e. The summed E-state index contributed by atoms with van der Waals surface area (Å²) in [7, 11) is 1.78. The molecule has 0 fully saturated rings. The molecule has 0 N–H and O–H groups in total. The fourth-order valence-electron chi connectivity index (χ4n) is 2.29. The maximum absolute atomic E-state index is 5.73. The van der Waals surface area contributed by atoms with Gasteiger partial charge in [0.1, 0.15) is 0 Å². The van der Waals surface area contributed by atoms with Gasteiger partial charge in [-0.1, -0.05) is 24.3 Å². The average Bonchev–Trinajstić information content (AvgIpc) is 2.35. The molecular formula is C13H18ClNO. The number of halogens is 1. The van der Waals surface area contributed by atoms with Crippen molar-refractivity contribution in [3.05, 3.63) is 35.4 Å². The molecule has 2 rings (SSSR count). The SMILES string of the molecule is COC1CN(CCCCl)Cc2ccccc21. The normalized spacial score (nSPS) is 20.8. The highest BCUT2D eigenvalue weighted by atomic mass is 35.5. The van der Waals surface area contributed by atoms with E-state index in [1.165, 1.54) is 11.1 Å². The van der Waals surface area contributed by atoms with Gasteiger partial charge in [-0.2, -0.15) is 0 Å². The molecule has 88 valence electrons. The Morgan fingerprint density at radius 3 is 3.00 bits per heavy atom. The third-order valence-corrected chi connectivity index (χ3v) is 3.38. The highest BCUT2D eigenvalue weighted by molar-refractivity contribution is 6.17. The number of fused-ring (bicyclic) bond motifs is 1. The van der Waals surface area contributed by atoms with Crippen molar-refractivity contribution >= 4 is 11.6 Å². The molecule has 0 saturated carbocycles. The van der Waals surface area contributed by atoms with Gasteiger partial charge in [0, 0.05) is 26.1 Å². The van der Waals surface area contributed by atoms with E-state index in [0.717, 1.165) is 31.9 Å². The number of hydrogen-bond acceptors (Lipinski definition) is 2. The Morgan fingerprint density at radius 1 is 1.44 bits per heavy atom. The van der Waals surface area contributed by atoms with Crippen LogP contribution in [0.25, 0.3) is 0 Å². The van der Waals surface area contributed by atoms with Crippen LogP contribution in [-0.4, -0.2) is 31.0 Å². The van der Waals surface area contributed by atoms with E-state index in [1.807, 2.05) is 0 Å². The van der Waals surface area contributed by atoms with Crippen molar-refractivity contribution in [3.8, 4) is 0 Å². The first-order valence-electron chi connectivity index (χ1n) is 5.74. The topological polar surface area (TPSA) is 12.5 Å². The first-order valence-corrected chi connectivity index (χ1v) is 6.27. The van der Waals surface area contributed by atoms with Gasteiger partial charge in [0.15, 0.2) is 0 Å². The molecule has 1 unspecified atom stereocenters. The van der Waals surface area contributed by atoms with Crippen LogP contribution in [0.2, 0.25) is 0 Å². The molecule has 1 aliphatic rings. The molecule has 16 heavy (non-hydrogen) atoms. The van der Waals surface area contributed by atoms with Gasteiger partial charge < -0.3 is 4.74 Å². The lowest BCUT2D eigenvalue weighted by molar-refractivity contribution is 0.0483. The zero-order valence-electron chi connectivity index (χ0n) is 9.66. The third kappa shape index (κ3) is 2.57. The molecule has 0 saturated heterocycles. The highest BCUT2D eigenvalue weighted by Crippen LogP contribution is 2.28. The fourth-order valence-corrected chi connectivity index (χ4v) is 2.41. The second-order valence-corrected chi connectivity index (χ2v) is 4.58. The van der Waals surface area contributed by atoms with E-state index in [-0.39, 0.29) is 6.10 Å². The predicted octanol–water partition coefficient (Wildman–Crippen LogP) is 2.82. The number of rotatable bonds is 4. The summed E-state index contributed by atoms with van der Waals surface area (Å²) in [5.74, 6) is 0.732. The van der Waals surface area contributed by atoms with Crippen LogP contribution < -0.4 is 0 Å². The van der Waals surface area contributed by atoms with E-state index >= 15 is 0 Å². The molecule has 1 atom stereocenters. The van der Waals surface area contributed by atoms with Crippen molar-refractivity contribution in [1.82, 2.24) is 4.90 Å². The van der Waals surface area contributed by atoms with Gasteiger partial charge in [-0.25, -0.2) is 0 Å². The highest BCUT2D eigenvalue weighted by Gasteiger charge is 2.23. The van der Waals surface area contributed by atoms with Crippen molar-refractivity contribution in [2.24, 2.45) is 0 Å². The standard InChI is InChI=1S/C13H18ClNO/c1-16-13-10-15(8-4-7-14)9-11-5-2-3-6-12(11)13/h2-3,5-6,13H,4,7-10H2,1H3. The molecule has 0 radical (unpaired) electrons. The van der Waals surface area contributed by atoms with Crippen molar-refractivity contribution in [2.75, 3.05) is 26.1 Å². The second kappa shape index (κ2) is 5.67. The molecule has 2 nitrogen and oxygen atoms in total. The molecule has 1 aromatic rings. The van der Waals surface area contributed by atoms with Crippen LogP contribution in [0.15, 0.2) is 24.3 Å². The van der Waals surface area contributed by atoms with Gasteiger partial charge in [0.05, 0.1) is 6.10 Å². The molecule has 1 heterocycles. The van der Waals surface area contributed by atoms with E-state index in [1.54, 1.807) is 7.11 Å². The van der Waals surface area contributed by atoms with Crippen molar-refractivity contribution < 1.29 is 4.74 Å². The minimum absolute atomic E-state index is 0.209. The Labute approximate surface area is 102 Å². The lowest BCUT2D eigenvalue weighted by Crippen LogP contribution is -2.35. The molecule has 1 aliphatic heterocycles. The lowest BCUT2D eigenvalue weighted by atomic mass is 9.97. The Morgan fingerprint density at radius 2 is 2.25 bits per heavy atom. The average molecular weight is 240 g/mol. The van der Waals surface area contributed by atoms with Crippen molar-refractivity contribution in [1.29, 1.82) is 0 Å².